The Labute approximate surface area is 117 Å². The summed E-state index contributed by atoms with van der Waals surface area (Å²) in [6.07, 6.45) is -0.0412. The monoisotopic (exact) mass is 308 g/mol. The molecule has 1 saturated heterocycles. The summed E-state index contributed by atoms with van der Waals surface area (Å²) >= 11 is 0. The summed E-state index contributed by atoms with van der Waals surface area (Å²) in [7, 11) is -4.66. The van der Waals surface area contributed by atoms with Gasteiger partial charge in [-0.15, -0.1) is 0 Å². The van der Waals surface area contributed by atoms with Crippen LogP contribution >= 0.6 is 7.82 Å². The Balaban J connectivity index is 2.72. The molecular formula is C11H21N2O6P. The zero-order valence-corrected chi connectivity index (χ0v) is 12.8. The molecule has 4 N–H and O–H groups in total. The standard InChI is InChI=1S/C11H21N2O6P/c1-6(2)8-10(15)12-7(9(14)13-8)5-11(3,4)19-20(16,17)18/h6-8H,5H2,1-4H3,(H,12,15)(H,13,14)(H2,16,17,18). The van der Waals surface area contributed by atoms with Crippen LogP contribution in [0.4, 0.5) is 0 Å². The molecule has 1 fully saturated rings. The van der Waals surface area contributed by atoms with Gasteiger partial charge in [-0.3, -0.25) is 14.1 Å². The Morgan fingerprint density at radius 3 is 2.25 bits per heavy atom. The van der Waals surface area contributed by atoms with E-state index >= 15 is 0 Å². The molecule has 9 heteroatoms. The minimum atomic E-state index is -4.66. The number of carbonyl (C=O) groups is 2. The molecule has 1 heterocycles. The van der Waals surface area contributed by atoms with Crippen LogP contribution in [0.25, 0.3) is 0 Å². The van der Waals surface area contributed by atoms with Gasteiger partial charge in [0.2, 0.25) is 11.8 Å². The van der Waals surface area contributed by atoms with Crippen molar-refractivity contribution in [2.45, 2.75) is 51.8 Å². The third-order valence-electron chi connectivity index (χ3n) is 2.94. The third kappa shape index (κ3) is 4.86. The van der Waals surface area contributed by atoms with Crippen molar-refractivity contribution in [3.63, 3.8) is 0 Å². The first kappa shape index (κ1) is 17.1. The van der Waals surface area contributed by atoms with Crippen molar-refractivity contribution in [2.75, 3.05) is 0 Å². The minimum Gasteiger partial charge on any atom is -0.342 e. The Kier molecular flexibility index (Phi) is 4.97. The van der Waals surface area contributed by atoms with Gasteiger partial charge in [0.1, 0.15) is 12.1 Å². The summed E-state index contributed by atoms with van der Waals surface area (Å²) in [6, 6.07) is -1.47. The molecule has 0 aromatic carbocycles. The van der Waals surface area contributed by atoms with E-state index in [4.69, 9.17) is 9.79 Å². The highest BCUT2D eigenvalue weighted by Crippen LogP contribution is 2.42. The zero-order chi connectivity index (χ0) is 15.7. The lowest BCUT2D eigenvalue weighted by atomic mass is 9.94. The number of phosphoric ester groups is 1. The fourth-order valence-electron chi connectivity index (χ4n) is 2.11. The van der Waals surface area contributed by atoms with Crippen molar-refractivity contribution in [1.82, 2.24) is 10.6 Å². The van der Waals surface area contributed by atoms with Crippen LogP contribution in [0, 0.1) is 5.92 Å². The first-order chi connectivity index (χ1) is 8.91. The number of hydrogen-bond acceptors (Lipinski definition) is 4. The largest absolute Gasteiger partial charge is 0.470 e. The highest BCUT2D eigenvalue weighted by molar-refractivity contribution is 7.46. The molecule has 20 heavy (non-hydrogen) atoms. The van der Waals surface area contributed by atoms with E-state index in [0.29, 0.717) is 0 Å². The number of carbonyl (C=O) groups excluding carboxylic acids is 2. The molecule has 2 atom stereocenters. The van der Waals surface area contributed by atoms with E-state index in [0.717, 1.165) is 0 Å². The topological polar surface area (TPSA) is 125 Å². The highest BCUT2D eigenvalue weighted by Gasteiger charge is 2.40. The van der Waals surface area contributed by atoms with Gasteiger partial charge in [-0.1, -0.05) is 13.8 Å². The first-order valence-electron chi connectivity index (χ1n) is 6.28. The number of amides is 2. The molecule has 0 radical (unpaired) electrons. The lowest BCUT2D eigenvalue weighted by molar-refractivity contribution is -0.139. The number of piperazine rings is 1. The second kappa shape index (κ2) is 5.81. The van der Waals surface area contributed by atoms with E-state index in [2.05, 4.69) is 15.2 Å². The van der Waals surface area contributed by atoms with E-state index < -0.39 is 25.5 Å². The van der Waals surface area contributed by atoms with Crippen molar-refractivity contribution in [3.8, 4) is 0 Å². The maximum Gasteiger partial charge on any atom is 0.470 e. The predicted octanol–water partition coefficient (Wildman–Crippen LogP) is -0.0964. The molecule has 1 aliphatic heterocycles. The molecule has 8 nitrogen and oxygen atoms in total. The summed E-state index contributed by atoms with van der Waals surface area (Å²) < 4.78 is 15.5. The average Bonchev–Trinajstić information content (AvgIpc) is 2.18. The summed E-state index contributed by atoms with van der Waals surface area (Å²) in [4.78, 5) is 41.4. The smallest absolute Gasteiger partial charge is 0.342 e. The van der Waals surface area contributed by atoms with E-state index in [-0.39, 0.29) is 24.2 Å². The van der Waals surface area contributed by atoms with Crippen molar-refractivity contribution >= 4 is 19.6 Å². The minimum absolute atomic E-state index is 0.0412. The number of phosphoric acid groups is 1. The van der Waals surface area contributed by atoms with Gasteiger partial charge in [0.15, 0.2) is 0 Å². The van der Waals surface area contributed by atoms with Crippen molar-refractivity contribution < 1.29 is 28.5 Å². The van der Waals surface area contributed by atoms with Gasteiger partial charge in [-0.2, -0.15) is 0 Å². The molecule has 2 amide bonds. The van der Waals surface area contributed by atoms with Crippen LogP contribution in [0.3, 0.4) is 0 Å². The lowest BCUT2D eigenvalue weighted by Crippen LogP contribution is -2.64. The predicted molar refractivity (Wildman–Crippen MR) is 70.5 cm³/mol. The van der Waals surface area contributed by atoms with Crippen LogP contribution in [0.2, 0.25) is 0 Å². The highest BCUT2D eigenvalue weighted by atomic mass is 31.2. The zero-order valence-electron chi connectivity index (χ0n) is 11.9. The fraction of sp³-hybridized carbons (Fsp3) is 0.818. The molecule has 0 aromatic heterocycles. The molecule has 0 bridgehead atoms. The van der Waals surface area contributed by atoms with Crippen LogP contribution in [0.1, 0.15) is 34.1 Å². The Bertz CT molecular complexity index is 444. The average molecular weight is 308 g/mol. The molecular weight excluding hydrogens is 287 g/mol. The van der Waals surface area contributed by atoms with E-state index in [1.54, 1.807) is 0 Å². The number of nitrogens with one attached hydrogen (secondary N) is 2. The molecule has 0 aliphatic carbocycles. The second-order valence-corrected chi connectivity index (χ2v) is 7.00. The van der Waals surface area contributed by atoms with Crippen LogP contribution in [-0.2, 0) is 18.7 Å². The van der Waals surface area contributed by atoms with E-state index in [1.165, 1.54) is 13.8 Å². The maximum absolute atomic E-state index is 11.9. The molecule has 0 aromatic rings. The van der Waals surface area contributed by atoms with Crippen LogP contribution < -0.4 is 10.6 Å². The first-order valence-corrected chi connectivity index (χ1v) is 7.81. The van der Waals surface area contributed by atoms with Gasteiger partial charge >= 0.3 is 7.82 Å². The summed E-state index contributed by atoms with van der Waals surface area (Å²) in [5, 5.41) is 5.16. The van der Waals surface area contributed by atoms with Crippen molar-refractivity contribution in [1.29, 1.82) is 0 Å². The van der Waals surface area contributed by atoms with Gasteiger partial charge < -0.3 is 20.4 Å². The molecule has 1 rings (SSSR count). The van der Waals surface area contributed by atoms with Crippen LogP contribution in [-0.4, -0.2) is 39.3 Å². The Hall–Kier alpha value is -0.950. The number of hydrogen-bond donors (Lipinski definition) is 4. The normalized spacial score (nSPS) is 24.6. The molecule has 2 unspecified atom stereocenters. The van der Waals surface area contributed by atoms with Gasteiger partial charge in [-0.25, -0.2) is 4.57 Å². The lowest BCUT2D eigenvalue weighted by Gasteiger charge is -2.35. The van der Waals surface area contributed by atoms with E-state index in [1.807, 2.05) is 13.8 Å². The summed E-state index contributed by atoms with van der Waals surface area (Å²) in [6.45, 7) is 6.51. The van der Waals surface area contributed by atoms with E-state index in [9.17, 15) is 14.2 Å². The maximum atomic E-state index is 11.9. The third-order valence-corrected chi connectivity index (χ3v) is 3.67. The van der Waals surface area contributed by atoms with Crippen LogP contribution in [0.5, 0.6) is 0 Å². The van der Waals surface area contributed by atoms with Gasteiger partial charge in [0.05, 0.1) is 5.60 Å². The molecule has 0 spiro atoms. The van der Waals surface area contributed by atoms with Crippen LogP contribution in [0.15, 0.2) is 0 Å². The van der Waals surface area contributed by atoms with Crippen molar-refractivity contribution in [3.05, 3.63) is 0 Å². The molecule has 1 aliphatic rings. The fourth-order valence-corrected chi connectivity index (χ4v) is 2.83. The van der Waals surface area contributed by atoms with Gasteiger partial charge in [-0.05, 0) is 19.8 Å². The Morgan fingerprint density at radius 1 is 1.25 bits per heavy atom. The Morgan fingerprint density at radius 2 is 1.80 bits per heavy atom. The van der Waals surface area contributed by atoms with Gasteiger partial charge in [0, 0.05) is 6.42 Å². The second-order valence-electron chi connectivity index (χ2n) is 5.84. The summed E-state index contributed by atoms with van der Waals surface area (Å²) in [5.41, 5.74) is -1.25. The van der Waals surface area contributed by atoms with Gasteiger partial charge in [0.25, 0.3) is 0 Å². The SMILES string of the molecule is CC(C)C1NC(=O)C(CC(C)(C)OP(=O)(O)O)NC1=O. The molecule has 0 saturated carbocycles. The summed E-state index contributed by atoms with van der Waals surface area (Å²) in [5.74, 6) is -0.735. The number of rotatable bonds is 5. The van der Waals surface area contributed by atoms with Crippen molar-refractivity contribution in [2.24, 2.45) is 5.92 Å². The quantitative estimate of drug-likeness (QED) is 0.526. The molecule has 116 valence electrons.